The predicted octanol–water partition coefficient (Wildman–Crippen LogP) is 1.97. The predicted molar refractivity (Wildman–Crippen MR) is 39.7 cm³/mol. The van der Waals surface area contributed by atoms with Crippen LogP contribution in [-0.4, -0.2) is 7.95 Å². The average Bonchev–Trinajstić information content (AvgIpc) is 1.31. The van der Waals surface area contributed by atoms with Crippen LogP contribution in [0, 0.1) is 0 Å². The Morgan fingerprint density at radius 1 is 2.00 bits per heavy atom. The summed E-state index contributed by atoms with van der Waals surface area (Å²) in [6.45, 7) is 0. The van der Waals surface area contributed by atoms with Crippen LogP contribution >= 0.6 is 40.3 Å². The molecule has 0 spiro atoms. The molecule has 0 saturated heterocycles. The van der Waals surface area contributed by atoms with Crippen molar-refractivity contribution in [1.82, 2.24) is 0 Å². The zero-order valence-electron chi connectivity index (χ0n) is 4.70. The molecule has 0 amide bonds. The SMILES string of the molecule is [2H]C([2H])([2H])[As](I)I. The van der Waals surface area contributed by atoms with E-state index >= 15 is 0 Å². The molecule has 0 fully saturated rings. The van der Waals surface area contributed by atoms with Crippen molar-refractivity contribution in [2.75, 3.05) is 0 Å². The summed E-state index contributed by atoms with van der Waals surface area (Å²) in [6.07, 6.45) is 0. The monoisotopic (exact) mass is 347 g/mol. The van der Waals surface area contributed by atoms with E-state index in [0.717, 1.165) is 0 Å². The molecule has 0 rings (SSSR count). The molecule has 0 aliphatic rings. The third kappa shape index (κ3) is 8.99. The minimum absolute atomic E-state index is 1.48. The quantitative estimate of drug-likeness (QED) is 0.465. The fourth-order valence-corrected chi connectivity index (χ4v) is 0. The molecule has 0 saturated carbocycles. The minimum atomic E-state index is -1.63. The Labute approximate surface area is 57.3 Å². The van der Waals surface area contributed by atoms with E-state index in [0.29, 0.717) is 0 Å². The van der Waals surface area contributed by atoms with E-state index < -0.39 is 13.6 Å². The van der Waals surface area contributed by atoms with Crippen molar-refractivity contribution in [2.45, 2.75) is 5.64 Å². The first-order valence-electron chi connectivity index (χ1n) is 2.06. The van der Waals surface area contributed by atoms with Gasteiger partial charge in [0.2, 0.25) is 0 Å². The average molecular weight is 347 g/mol. The summed E-state index contributed by atoms with van der Waals surface area (Å²) in [4.78, 5) is 0. The number of hydrogen-bond acceptors (Lipinski definition) is 0. The molecule has 0 atom stereocenters. The van der Waals surface area contributed by atoms with Gasteiger partial charge in [0.05, 0.1) is 0 Å². The molecule has 0 aliphatic carbocycles. The second-order valence-corrected chi connectivity index (χ2v) is 20.8. The fourth-order valence-electron chi connectivity index (χ4n) is 0. The van der Waals surface area contributed by atoms with Crippen molar-refractivity contribution in [3.63, 3.8) is 0 Å². The summed E-state index contributed by atoms with van der Waals surface area (Å²) < 4.78 is 20.3. The number of halogens is 2. The van der Waals surface area contributed by atoms with Gasteiger partial charge < -0.3 is 0 Å². The molecule has 0 nitrogen and oxygen atoms in total. The van der Waals surface area contributed by atoms with E-state index in [1.807, 2.05) is 40.3 Å². The zero-order valence-corrected chi connectivity index (χ0v) is 7.89. The Kier molecular flexibility index (Phi) is 1.90. The van der Waals surface area contributed by atoms with E-state index in [2.05, 4.69) is 0 Å². The summed E-state index contributed by atoms with van der Waals surface area (Å²) in [5.41, 5.74) is -1.63. The van der Waals surface area contributed by atoms with Crippen molar-refractivity contribution in [1.29, 1.82) is 0 Å². The van der Waals surface area contributed by atoms with Crippen molar-refractivity contribution >= 4 is 48.2 Å². The summed E-state index contributed by atoms with van der Waals surface area (Å²) in [5.74, 6) is 0. The van der Waals surface area contributed by atoms with Crippen LogP contribution in [0.15, 0.2) is 0 Å². The fraction of sp³-hybridized carbons (Fsp3) is 1.00. The molecule has 26 valence electrons. The molecule has 4 heavy (non-hydrogen) atoms. The second-order valence-electron chi connectivity index (χ2n) is 0.233. The summed E-state index contributed by atoms with van der Waals surface area (Å²) in [7, 11) is -1.48. The first-order chi connectivity index (χ1) is 2.94. The van der Waals surface area contributed by atoms with Gasteiger partial charge in [0.25, 0.3) is 0 Å². The summed E-state index contributed by atoms with van der Waals surface area (Å²) >= 11 is 4.04. The maximum absolute atomic E-state index is 6.77. The van der Waals surface area contributed by atoms with Crippen molar-refractivity contribution in [3.8, 4) is 0 Å². The van der Waals surface area contributed by atoms with Gasteiger partial charge in [-0.2, -0.15) is 0 Å². The Morgan fingerprint density at radius 2 is 2.25 bits per heavy atom. The van der Waals surface area contributed by atoms with Gasteiger partial charge in [0.15, 0.2) is 0 Å². The molecular weight excluding hydrogens is 341 g/mol. The van der Waals surface area contributed by atoms with Gasteiger partial charge in [-0.15, -0.1) is 0 Å². The third-order valence-electron chi connectivity index (χ3n) is 0. The number of hydrogen-bond donors (Lipinski definition) is 0. The standard InChI is InChI=1S/CH3AsI2/c1-2(3)4/h1H3/i1D3. The Balaban J connectivity index is 3.54. The third-order valence-corrected chi connectivity index (χ3v) is 0. The van der Waals surface area contributed by atoms with Crippen LogP contribution in [0.1, 0.15) is 4.11 Å². The van der Waals surface area contributed by atoms with E-state index in [4.69, 9.17) is 4.11 Å². The first kappa shape index (κ1) is 2.36. The van der Waals surface area contributed by atoms with Gasteiger partial charge in [-0.25, -0.2) is 0 Å². The van der Waals surface area contributed by atoms with E-state index in [-0.39, 0.29) is 0 Å². The molecule has 0 bridgehead atoms. The zero-order chi connectivity index (χ0) is 6.08. The van der Waals surface area contributed by atoms with Crippen LogP contribution < -0.4 is 0 Å². The molecule has 0 aromatic heterocycles. The summed E-state index contributed by atoms with van der Waals surface area (Å²) in [6, 6.07) is 0. The van der Waals surface area contributed by atoms with E-state index in [1.54, 1.807) is 0 Å². The van der Waals surface area contributed by atoms with E-state index in [9.17, 15) is 0 Å². The summed E-state index contributed by atoms with van der Waals surface area (Å²) in [5, 5.41) is 0. The number of rotatable bonds is 0. The molecule has 3 heteroatoms. The van der Waals surface area contributed by atoms with Gasteiger partial charge in [-0.05, 0) is 0 Å². The second kappa shape index (κ2) is 3.22. The van der Waals surface area contributed by atoms with Crippen molar-refractivity contribution in [2.24, 2.45) is 0 Å². The molecule has 0 unspecified atom stereocenters. The Bertz CT molecular complexity index is 58.4. The molecule has 0 aromatic rings. The van der Waals surface area contributed by atoms with Gasteiger partial charge in [0, 0.05) is 0 Å². The van der Waals surface area contributed by atoms with Gasteiger partial charge in [-0.1, -0.05) is 0 Å². The normalized spacial score (nSPS) is 23.2. The van der Waals surface area contributed by atoms with Crippen molar-refractivity contribution in [3.05, 3.63) is 0 Å². The molecular formula is CH3AsI2. The van der Waals surface area contributed by atoms with Crippen LogP contribution in [0.5, 0.6) is 0 Å². The molecule has 0 radical (unpaired) electrons. The molecule has 0 aliphatic heterocycles. The molecule has 0 heterocycles. The van der Waals surface area contributed by atoms with Crippen molar-refractivity contribution < 1.29 is 4.11 Å². The van der Waals surface area contributed by atoms with Crippen LogP contribution in [0.25, 0.3) is 0 Å². The van der Waals surface area contributed by atoms with Gasteiger partial charge in [-0.3, -0.25) is 0 Å². The maximum atomic E-state index is 6.77. The first-order valence-corrected chi connectivity index (χ1v) is 12.9. The molecule has 0 N–H and O–H groups in total. The topological polar surface area (TPSA) is 0 Å². The van der Waals surface area contributed by atoms with Crippen LogP contribution in [0.3, 0.4) is 0 Å². The Hall–Kier alpha value is 2.02. The van der Waals surface area contributed by atoms with Gasteiger partial charge >= 0.3 is 58.0 Å². The molecule has 0 aromatic carbocycles. The van der Waals surface area contributed by atoms with Crippen LogP contribution in [0.4, 0.5) is 0 Å². The Morgan fingerprint density at radius 3 is 2.25 bits per heavy atom. The van der Waals surface area contributed by atoms with E-state index in [1.165, 1.54) is 0 Å². The van der Waals surface area contributed by atoms with Crippen LogP contribution in [-0.2, 0) is 0 Å². The van der Waals surface area contributed by atoms with Crippen LogP contribution in [0.2, 0.25) is 5.64 Å². The van der Waals surface area contributed by atoms with Gasteiger partial charge in [0.1, 0.15) is 0 Å².